The molecule has 0 spiro atoms. The predicted molar refractivity (Wildman–Crippen MR) is 302 cm³/mol. The lowest BCUT2D eigenvalue weighted by atomic mass is 10.0. The number of carbonyl (C=O) groups excluding carboxylic acids is 3. The van der Waals surface area contributed by atoms with E-state index in [1.807, 2.05) is 0 Å². The number of esters is 3. The molecular formula is C64H116O6. The van der Waals surface area contributed by atoms with Gasteiger partial charge in [0.25, 0.3) is 0 Å². The van der Waals surface area contributed by atoms with Crippen LogP contribution in [0.15, 0.2) is 48.6 Å². The van der Waals surface area contributed by atoms with E-state index in [1.165, 1.54) is 193 Å². The van der Waals surface area contributed by atoms with E-state index in [2.05, 4.69) is 69.4 Å². The number of hydrogen-bond donors (Lipinski definition) is 0. The number of unbranched alkanes of at least 4 members (excludes halogenated alkanes) is 37. The summed E-state index contributed by atoms with van der Waals surface area (Å²) in [6.07, 6.45) is 72.5. The second kappa shape index (κ2) is 58.9. The third-order valence-corrected chi connectivity index (χ3v) is 13.6. The van der Waals surface area contributed by atoms with Gasteiger partial charge in [0.15, 0.2) is 6.10 Å². The summed E-state index contributed by atoms with van der Waals surface area (Å²) in [5.41, 5.74) is 0. The van der Waals surface area contributed by atoms with Crippen LogP contribution in [0.5, 0.6) is 0 Å². The average molecular weight is 982 g/mol. The van der Waals surface area contributed by atoms with Crippen LogP contribution < -0.4 is 0 Å². The molecule has 0 aromatic heterocycles. The Hall–Kier alpha value is -2.63. The van der Waals surface area contributed by atoms with E-state index in [-0.39, 0.29) is 31.1 Å². The molecular weight excluding hydrogens is 865 g/mol. The van der Waals surface area contributed by atoms with E-state index in [4.69, 9.17) is 14.2 Å². The first-order valence-corrected chi connectivity index (χ1v) is 30.6. The van der Waals surface area contributed by atoms with Crippen molar-refractivity contribution in [2.24, 2.45) is 0 Å². The highest BCUT2D eigenvalue weighted by Gasteiger charge is 2.19. The normalized spacial score (nSPS) is 12.3. The Labute approximate surface area is 435 Å². The Bertz CT molecular complexity index is 1220. The van der Waals surface area contributed by atoms with Gasteiger partial charge in [-0.05, 0) is 83.5 Å². The van der Waals surface area contributed by atoms with Crippen molar-refractivity contribution in [3.63, 3.8) is 0 Å². The van der Waals surface area contributed by atoms with Gasteiger partial charge in [0.2, 0.25) is 0 Å². The second-order valence-corrected chi connectivity index (χ2v) is 20.6. The number of carbonyl (C=O) groups is 3. The summed E-state index contributed by atoms with van der Waals surface area (Å²) in [6.45, 7) is 6.61. The second-order valence-electron chi connectivity index (χ2n) is 20.6. The molecule has 0 saturated carbocycles. The number of allylic oxidation sites excluding steroid dienone is 8. The molecule has 0 radical (unpaired) electrons. The lowest BCUT2D eigenvalue weighted by Gasteiger charge is -2.18. The van der Waals surface area contributed by atoms with Crippen molar-refractivity contribution in [2.45, 2.75) is 329 Å². The molecule has 0 aliphatic heterocycles. The molecule has 0 amide bonds. The molecule has 0 heterocycles. The zero-order valence-electron chi connectivity index (χ0n) is 46.8. The summed E-state index contributed by atoms with van der Waals surface area (Å²) in [7, 11) is 0. The third kappa shape index (κ3) is 56.3. The van der Waals surface area contributed by atoms with Crippen molar-refractivity contribution in [1.82, 2.24) is 0 Å². The SMILES string of the molecule is CCCCC/C=C\C/C=C\C/C=C\CCCCCCCCC(=O)OC(COC(=O)CCCCCCC/C=C\CCCCC)COC(=O)CCCCCCCCCCCCCCCCCCCCCCC. The van der Waals surface area contributed by atoms with Crippen molar-refractivity contribution < 1.29 is 28.6 Å². The largest absolute Gasteiger partial charge is 0.462 e. The van der Waals surface area contributed by atoms with Gasteiger partial charge in [-0.2, -0.15) is 0 Å². The standard InChI is InChI=1S/C64H116O6/c1-4-7-10-13-16-19-22-25-27-29-31-32-34-35-37-39-42-45-48-51-54-57-63(66)69-60-61(59-68-62(65)56-53-50-47-44-41-24-21-18-15-12-9-6-3)70-64(67)58-55-52-49-46-43-40-38-36-33-30-28-26-23-20-17-14-11-8-5-2/h17-18,20-21,26,28,33,36,61H,4-16,19,22-25,27,29-32,34-35,37-60H2,1-3H3/b20-17-,21-18-,28-26-,36-33-. The van der Waals surface area contributed by atoms with Crippen LogP contribution in [0, 0.1) is 0 Å². The molecule has 0 aliphatic rings. The molecule has 6 nitrogen and oxygen atoms in total. The van der Waals surface area contributed by atoms with Crippen LogP contribution in [0.25, 0.3) is 0 Å². The Morgan fingerprint density at radius 2 is 0.514 bits per heavy atom. The van der Waals surface area contributed by atoms with E-state index < -0.39 is 6.10 Å². The Morgan fingerprint density at radius 3 is 0.843 bits per heavy atom. The van der Waals surface area contributed by atoms with Gasteiger partial charge in [0, 0.05) is 19.3 Å². The van der Waals surface area contributed by atoms with E-state index in [0.29, 0.717) is 19.3 Å². The van der Waals surface area contributed by atoms with Gasteiger partial charge in [0.05, 0.1) is 0 Å². The summed E-state index contributed by atoms with van der Waals surface area (Å²) >= 11 is 0. The number of rotatable bonds is 56. The van der Waals surface area contributed by atoms with Crippen molar-refractivity contribution in [2.75, 3.05) is 13.2 Å². The first kappa shape index (κ1) is 67.4. The molecule has 0 saturated heterocycles. The van der Waals surface area contributed by atoms with E-state index in [1.54, 1.807) is 0 Å². The topological polar surface area (TPSA) is 78.9 Å². The molecule has 0 aliphatic carbocycles. The van der Waals surface area contributed by atoms with Gasteiger partial charge in [-0.1, -0.05) is 268 Å². The van der Waals surface area contributed by atoms with Crippen LogP contribution in [0.2, 0.25) is 0 Å². The molecule has 0 aromatic carbocycles. The quantitative estimate of drug-likeness (QED) is 0.0261. The van der Waals surface area contributed by atoms with Crippen LogP contribution in [0.3, 0.4) is 0 Å². The van der Waals surface area contributed by atoms with Crippen molar-refractivity contribution >= 4 is 17.9 Å². The highest BCUT2D eigenvalue weighted by atomic mass is 16.6. The zero-order chi connectivity index (χ0) is 50.7. The molecule has 0 fully saturated rings. The monoisotopic (exact) mass is 981 g/mol. The lowest BCUT2D eigenvalue weighted by molar-refractivity contribution is -0.167. The molecule has 70 heavy (non-hydrogen) atoms. The molecule has 0 rings (SSSR count). The van der Waals surface area contributed by atoms with Crippen molar-refractivity contribution in [1.29, 1.82) is 0 Å². The highest BCUT2D eigenvalue weighted by Crippen LogP contribution is 2.17. The Balaban J connectivity index is 4.31. The van der Waals surface area contributed by atoms with E-state index in [9.17, 15) is 14.4 Å². The molecule has 408 valence electrons. The molecule has 6 heteroatoms. The van der Waals surface area contributed by atoms with Crippen LogP contribution in [0.4, 0.5) is 0 Å². The van der Waals surface area contributed by atoms with Crippen molar-refractivity contribution in [3.05, 3.63) is 48.6 Å². The van der Waals surface area contributed by atoms with Gasteiger partial charge < -0.3 is 14.2 Å². The fourth-order valence-electron chi connectivity index (χ4n) is 8.92. The minimum absolute atomic E-state index is 0.0779. The maximum atomic E-state index is 12.9. The van der Waals surface area contributed by atoms with Crippen LogP contribution in [-0.4, -0.2) is 37.2 Å². The van der Waals surface area contributed by atoms with E-state index in [0.717, 1.165) is 89.9 Å². The first-order chi connectivity index (χ1) is 34.5. The third-order valence-electron chi connectivity index (χ3n) is 13.6. The maximum absolute atomic E-state index is 12.9. The molecule has 0 N–H and O–H groups in total. The van der Waals surface area contributed by atoms with Gasteiger partial charge in [-0.15, -0.1) is 0 Å². The Kier molecular flexibility index (Phi) is 56.7. The van der Waals surface area contributed by atoms with Crippen molar-refractivity contribution in [3.8, 4) is 0 Å². The first-order valence-electron chi connectivity index (χ1n) is 30.6. The van der Waals surface area contributed by atoms with Gasteiger partial charge in [-0.25, -0.2) is 0 Å². The fourth-order valence-corrected chi connectivity index (χ4v) is 8.92. The minimum Gasteiger partial charge on any atom is -0.462 e. The fraction of sp³-hybridized carbons (Fsp3) is 0.828. The van der Waals surface area contributed by atoms with Gasteiger partial charge in [-0.3, -0.25) is 14.4 Å². The summed E-state index contributed by atoms with van der Waals surface area (Å²) in [6, 6.07) is 0. The summed E-state index contributed by atoms with van der Waals surface area (Å²) < 4.78 is 16.9. The molecule has 0 bridgehead atoms. The summed E-state index contributed by atoms with van der Waals surface area (Å²) in [5.74, 6) is -0.883. The Morgan fingerprint density at radius 1 is 0.286 bits per heavy atom. The lowest BCUT2D eigenvalue weighted by Crippen LogP contribution is -2.30. The molecule has 1 atom stereocenters. The molecule has 0 aromatic rings. The maximum Gasteiger partial charge on any atom is 0.306 e. The predicted octanol–water partition coefficient (Wildman–Crippen LogP) is 20.6. The van der Waals surface area contributed by atoms with Crippen LogP contribution in [-0.2, 0) is 28.6 Å². The number of ether oxygens (including phenoxy) is 3. The van der Waals surface area contributed by atoms with Gasteiger partial charge in [0.1, 0.15) is 13.2 Å². The summed E-state index contributed by atoms with van der Waals surface area (Å²) in [5, 5.41) is 0. The van der Waals surface area contributed by atoms with Gasteiger partial charge >= 0.3 is 17.9 Å². The highest BCUT2D eigenvalue weighted by molar-refractivity contribution is 5.71. The van der Waals surface area contributed by atoms with Crippen LogP contribution in [0.1, 0.15) is 323 Å². The minimum atomic E-state index is -0.782. The average Bonchev–Trinajstić information content (AvgIpc) is 3.36. The van der Waals surface area contributed by atoms with E-state index >= 15 is 0 Å². The smallest absolute Gasteiger partial charge is 0.306 e. The number of hydrogen-bond acceptors (Lipinski definition) is 6. The molecule has 1 unspecified atom stereocenters. The summed E-state index contributed by atoms with van der Waals surface area (Å²) in [4.78, 5) is 38.2. The van der Waals surface area contributed by atoms with Crippen LogP contribution >= 0.6 is 0 Å². The zero-order valence-corrected chi connectivity index (χ0v) is 46.8.